The van der Waals surface area contributed by atoms with E-state index in [9.17, 15) is 0 Å². The zero-order valence-corrected chi connectivity index (χ0v) is 21.8. The lowest BCUT2D eigenvalue weighted by molar-refractivity contribution is 0.00578. The minimum Gasteiger partial charge on any atom is -0.405 e. The van der Waals surface area contributed by atoms with Crippen LogP contribution in [0.3, 0.4) is 0 Å². The molecule has 2 heterocycles. The number of nitrogens with zero attached hydrogens (tertiary/aromatic N) is 1. The molecular weight excluding hydrogens is 441 g/mol. The van der Waals surface area contributed by atoms with Crippen molar-refractivity contribution in [1.29, 1.82) is 0 Å². The van der Waals surface area contributed by atoms with E-state index < -0.39 is 0 Å². The first-order chi connectivity index (χ1) is 17.1. The van der Waals surface area contributed by atoms with Crippen LogP contribution in [-0.4, -0.2) is 23.9 Å². The lowest BCUT2D eigenvalue weighted by Crippen LogP contribution is -2.41. The fourth-order valence-corrected chi connectivity index (χ4v) is 5.34. The zero-order valence-electron chi connectivity index (χ0n) is 21.8. The maximum Gasteiger partial charge on any atom is 0.488 e. The third-order valence-corrected chi connectivity index (χ3v) is 8.15. The summed E-state index contributed by atoms with van der Waals surface area (Å²) in [5.41, 5.74) is 3.38. The van der Waals surface area contributed by atoms with Crippen LogP contribution in [0, 0.1) is 5.41 Å². The quantitative estimate of drug-likeness (QED) is 0.228. The standard InChI is InChI=1S/C26H19N.C6H12BO2/c1-26(2)13-7-8-16-14-17-15-22-20-11-4-3-9-18(20)19-10-5-6-12-21(19)25(22)27-24(17)23(16)26;1-5(2)6(3,4)9-7-8-5/h3-15H,1-2H3;1-4H3. The summed E-state index contributed by atoms with van der Waals surface area (Å²) in [6.45, 7) is 12.6. The second-order valence-electron chi connectivity index (χ2n) is 11.5. The Morgan fingerprint density at radius 3 is 1.86 bits per heavy atom. The molecule has 1 radical (unpaired) electrons. The van der Waals surface area contributed by atoms with Gasteiger partial charge in [-0.2, -0.15) is 0 Å². The van der Waals surface area contributed by atoms with Gasteiger partial charge in [0, 0.05) is 21.4 Å². The Balaban J connectivity index is 0.000000228. The van der Waals surface area contributed by atoms with E-state index in [1.165, 1.54) is 51.0 Å². The van der Waals surface area contributed by atoms with E-state index in [1.807, 2.05) is 27.7 Å². The average molecular weight is 472 g/mol. The van der Waals surface area contributed by atoms with Crippen molar-refractivity contribution in [3.63, 3.8) is 0 Å². The first kappa shape index (κ1) is 23.2. The van der Waals surface area contributed by atoms with E-state index in [-0.39, 0.29) is 16.6 Å². The fourth-order valence-electron chi connectivity index (χ4n) is 5.34. The molecule has 1 aromatic heterocycles. The normalized spacial score (nSPS) is 20.3. The van der Waals surface area contributed by atoms with Gasteiger partial charge in [-0.3, -0.25) is 0 Å². The van der Waals surface area contributed by atoms with Crippen molar-refractivity contribution in [3.05, 3.63) is 89.0 Å². The van der Waals surface area contributed by atoms with Gasteiger partial charge in [-0.15, -0.1) is 0 Å². The second-order valence-corrected chi connectivity index (χ2v) is 11.5. The molecule has 0 saturated carbocycles. The number of hydrogen-bond acceptors (Lipinski definition) is 3. The Labute approximate surface area is 213 Å². The Bertz CT molecular complexity index is 1730. The molecule has 36 heavy (non-hydrogen) atoms. The highest BCUT2D eigenvalue weighted by Gasteiger charge is 2.44. The minimum atomic E-state index is -0.188. The SMILES string of the molecule is CC1(C)C=CC=C2C=c3cc4c5ccccc5c5ccccc5c4nc3=C21.CC1(C)O[B]OC1(C)C. The number of pyridine rings is 1. The van der Waals surface area contributed by atoms with Crippen LogP contribution in [0.2, 0.25) is 0 Å². The molecule has 3 aromatic carbocycles. The van der Waals surface area contributed by atoms with Gasteiger partial charge in [0.15, 0.2) is 0 Å². The topological polar surface area (TPSA) is 31.4 Å². The van der Waals surface area contributed by atoms with E-state index in [0.29, 0.717) is 0 Å². The van der Waals surface area contributed by atoms with Crippen LogP contribution in [0.25, 0.3) is 44.1 Å². The number of rotatable bonds is 0. The van der Waals surface area contributed by atoms with Crippen molar-refractivity contribution in [2.45, 2.75) is 52.7 Å². The van der Waals surface area contributed by atoms with Crippen molar-refractivity contribution < 1.29 is 9.31 Å². The van der Waals surface area contributed by atoms with E-state index in [0.717, 1.165) is 10.9 Å². The van der Waals surface area contributed by atoms with Crippen LogP contribution in [-0.2, 0) is 9.31 Å². The van der Waals surface area contributed by atoms with Crippen molar-refractivity contribution in [2.75, 3.05) is 0 Å². The van der Waals surface area contributed by atoms with Gasteiger partial charge in [0.25, 0.3) is 0 Å². The molecule has 0 unspecified atom stereocenters. The number of aromatic nitrogens is 1. The predicted molar refractivity (Wildman–Crippen MR) is 151 cm³/mol. The fraction of sp³-hybridized carbons (Fsp3) is 0.281. The molecule has 1 fully saturated rings. The summed E-state index contributed by atoms with van der Waals surface area (Å²) in [5.74, 6) is 0. The van der Waals surface area contributed by atoms with Gasteiger partial charge in [-0.05, 0) is 67.1 Å². The summed E-state index contributed by atoms with van der Waals surface area (Å²) >= 11 is 0. The Morgan fingerprint density at radius 2 is 1.28 bits per heavy atom. The smallest absolute Gasteiger partial charge is 0.405 e. The number of benzene rings is 3. The third kappa shape index (κ3) is 3.47. The van der Waals surface area contributed by atoms with Crippen molar-refractivity contribution >= 4 is 51.8 Å². The molecule has 1 aliphatic heterocycles. The van der Waals surface area contributed by atoms with Gasteiger partial charge >= 0.3 is 7.69 Å². The summed E-state index contributed by atoms with van der Waals surface area (Å²) in [5, 5.41) is 8.71. The Kier molecular flexibility index (Phi) is 5.09. The summed E-state index contributed by atoms with van der Waals surface area (Å²) in [7, 11) is 1.42. The Morgan fingerprint density at radius 1 is 0.722 bits per heavy atom. The van der Waals surface area contributed by atoms with Crippen LogP contribution >= 0.6 is 0 Å². The summed E-state index contributed by atoms with van der Waals surface area (Å²) in [6.07, 6.45) is 8.96. The number of hydrogen-bond donors (Lipinski definition) is 0. The molecule has 3 aliphatic rings. The molecule has 0 atom stereocenters. The predicted octanol–water partition coefficient (Wildman–Crippen LogP) is 6.13. The van der Waals surface area contributed by atoms with E-state index >= 15 is 0 Å². The van der Waals surface area contributed by atoms with Crippen molar-refractivity contribution in [1.82, 2.24) is 4.98 Å². The molecule has 0 bridgehead atoms. The highest BCUT2D eigenvalue weighted by atomic mass is 16.7. The van der Waals surface area contributed by atoms with Crippen molar-refractivity contribution in [2.24, 2.45) is 5.41 Å². The first-order valence-corrected chi connectivity index (χ1v) is 12.6. The molecule has 4 aromatic rings. The maximum absolute atomic E-state index is 5.27. The maximum atomic E-state index is 5.27. The number of allylic oxidation sites excluding steroid dienone is 4. The van der Waals surface area contributed by atoms with Crippen LogP contribution < -0.4 is 10.6 Å². The average Bonchev–Trinajstić information content (AvgIpc) is 3.33. The molecule has 0 N–H and O–H groups in total. The molecule has 4 heteroatoms. The molecule has 0 spiro atoms. The van der Waals surface area contributed by atoms with Crippen LogP contribution in [0.5, 0.6) is 0 Å². The van der Waals surface area contributed by atoms with E-state index in [1.54, 1.807) is 0 Å². The molecule has 1 saturated heterocycles. The second kappa shape index (κ2) is 7.90. The van der Waals surface area contributed by atoms with Gasteiger partial charge in [0.2, 0.25) is 0 Å². The van der Waals surface area contributed by atoms with Crippen LogP contribution in [0.1, 0.15) is 41.5 Å². The summed E-state index contributed by atoms with van der Waals surface area (Å²) in [6, 6.07) is 19.7. The summed E-state index contributed by atoms with van der Waals surface area (Å²) in [4.78, 5) is 5.27. The van der Waals surface area contributed by atoms with Crippen LogP contribution in [0.15, 0.2) is 78.4 Å². The highest BCUT2D eigenvalue weighted by Crippen LogP contribution is 2.39. The van der Waals surface area contributed by atoms with E-state index in [2.05, 4.69) is 92.7 Å². The molecule has 3 nitrogen and oxygen atoms in total. The van der Waals surface area contributed by atoms with Crippen molar-refractivity contribution in [3.8, 4) is 0 Å². The van der Waals surface area contributed by atoms with Gasteiger partial charge < -0.3 is 9.31 Å². The van der Waals surface area contributed by atoms with Gasteiger partial charge in [0.1, 0.15) is 0 Å². The molecule has 179 valence electrons. The zero-order chi connectivity index (χ0) is 25.3. The third-order valence-electron chi connectivity index (χ3n) is 8.15. The van der Waals surface area contributed by atoms with Gasteiger partial charge in [-0.25, -0.2) is 4.98 Å². The Hall–Kier alpha value is -3.21. The van der Waals surface area contributed by atoms with Gasteiger partial charge in [0.05, 0.1) is 22.1 Å². The van der Waals surface area contributed by atoms with Gasteiger partial charge in [-0.1, -0.05) is 80.6 Å². The summed E-state index contributed by atoms with van der Waals surface area (Å²) < 4.78 is 10.4. The largest absolute Gasteiger partial charge is 0.488 e. The lowest BCUT2D eigenvalue weighted by atomic mass is 9.78. The monoisotopic (exact) mass is 472 g/mol. The molecule has 0 amide bonds. The molecular formula is C32H31BNO2. The van der Waals surface area contributed by atoms with E-state index in [4.69, 9.17) is 14.3 Å². The first-order valence-electron chi connectivity index (χ1n) is 12.6. The van der Waals surface area contributed by atoms with Crippen LogP contribution in [0.4, 0.5) is 0 Å². The highest BCUT2D eigenvalue weighted by molar-refractivity contribution is 6.24. The minimum absolute atomic E-state index is 0.000831. The lowest BCUT2D eigenvalue weighted by Gasteiger charge is -2.32. The molecule has 2 aliphatic carbocycles. The molecule has 7 rings (SSSR count). The number of fused-ring (bicyclic) bond motifs is 8.